The number of nitro benzene ring substituents is 3. The molecule has 7 aromatic rings. The maximum atomic E-state index is 10.2. The molecule has 0 saturated carbocycles. The van der Waals surface area contributed by atoms with Crippen molar-refractivity contribution in [3.05, 3.63) is 226 Å². The zero-order chi connectivity index (χ0) is 68.7. The molecule has 0 heterocycles. The molecule has 0 radical (unpaired) electrons. The Balaban J connectivity index is -0.000000459. The summed E-state index contributed by atoms with van der Waals surface area (Å²) in [7, 11) is 4.20. The molecule has 0 unspecified atom stereocenters. The second kappa shape index (κ2) is 37.6. The Hall–Kier alpha value is -7.55. The van der Waals surface area contributed by atoms with Gasteiger partial charge in [0.2, 0.25) is 2.86 Å². The van der Waals surface area contributed by atoms with Crippen molar-refractivity contribution in [3.8, 4) is 12.1 Å². The summed E-state index contributed by atoms with van der Waals surface area (Å²) in [6.07, 6.45) is 0. The second-order valence-corrected chi connectivity index (χ2v) is 11.8. The van der Waals surface area contributed by atoms with Crippen molar-refractivity contribution in [1.29, 1.82) is 14.6 Å². The molecule has 0 aliphatic carbocycles. The van der Waals surface area contributed by atoms with Crippen LogP contribution >= 0.6 is 57.2 Å². The fraction of sp³-hybridized carbons (Fsp3) is 0. The third-order valence-corrected chi connectivity index (χ3v) is 6.57. The molecule has 0 aromatic heterocycles. The summed E-state index contributed by atoms with van der Waals surface area (Å²) in [5.41, 5.74) is 34.7. The number of benzene rings is 7. The second-order valence-electron chi connectivity index (χ2n) is 10.7. The molecule has 0 spiro atoms. The molecule has 0 saturated heterocycles. The summed E-state index contributed by atoms with van der Waals surface area (Å²) in [5.74, 6) is 0. The first-order valence-corrected chi connectivity index (χ1v) is 19.0. The number of rotatable bonds is 3. The molecular weight excluding hydrogens is 1040 g/mol. The van der Waals surface area contributed by atoms with E-state index in [1.165, 1.54) is 48.5 Å². The van der Waals surface area contributed by atoms with Crippen LogP contribution in [0.3, 0.4) is 0 Å². The van der Waals surface area contributed by atoms with Crippen LogP contribution in [-0.4, -0.2) is 24.3 Å². The summed E-state index contributed by atoms with van der Waals surface area (Å²) >= 11 is 24.0. The molecule has 7 aromatic carbocycles. The molecule has 68 heavy (non-hydrogen) atoms. The average molecular weight is 1100 g/mol. The van der Waals surface area contributed by atoms with E-state index in [9.17, 15) is 30.3 Å². The van der Waals surface area contributed by atoms with Crippen LogP contribution in [0.1, 0.15) is 34.5 Å². The maximum absolute atomic E-state index is 10.2. The number of anilines is 6. The maximum Gasteiger partial charge on any atom is 0 e. The van der Waals surface area contributed by atoms with Gasteiger partial charge in [0.25, 0.3) is 17.1 Å². The van der Waals surface area contributed by atoms with E-state index >= 15 is 0 Å². The summed E-state index contributed by atoms with van der Waals surface area (Å²) < 4.78 is 131. The van der Waals surface area contributed by atoms with E-state index in [-0.39, 0.29) is 158 Å². The van der Waals surface area contributed by atoms with Gasteiger partial charge >= 0.3 is 25.2 Å². The Kier molecular flexibility index (Phi) is 20.2. The number of halogens is 5. The Morgan fingerprint density at radius 2 is 0.721 bits per heavy atom. The van der Waals surface area contributed by atoms with Crippen molar-refractivity contribution in [2.45, 2.75) is 0 Å². The summed E-state index contributed by atoms with van der Waals surface area (Å²) in [6.45, 7) is 0. The minimum Gasteiger partial charge on any atom is 0 e. The van der Waals surface area contributed by atoms with E-state index < -0.39 is 14.8 Å². The van der Waals surface area contributed by atoms with E-state index in [1.54, 1.807) is 12.1 Å². The minimum absolute atomic E-state index is 0. The van der Waals surface area contributed by atoms with Crippen molar-refractivity contribution < 1.29 is 58.7 Å². The molecule has 0 amide bonds. The van der Waals surface area contributed by atoms with Crippen LogP contribution < -0.4 is 34.4 Å². The van der Waals surface area contributed by atoms with Gasteiger partial charge in [-0.05, 0) is 133 Å². The van der Waals surface area contributed by atoms with Crippen LogP contribution in [0.4, 0.5) is 51.2 Å². The first-order chi connectivity index (χ1) is 40.4. The van der Waals surface area contributed by atoms with Gasteiger partial charge in [0.15, 0.2) is 0 Å². The van der Waals surface area contributed by atoms with E-state index in [2.05, 4.69) is 43.0 Å². The molecule has 14 N–H and O–H groups in total. The van der Waals surface area contributed by atoms with Crippen molar-refractivity contribution in [3.63, 3.8) is 0 Å². The number of nitriles is 2. The fourth-order valence-corrected chi connectivity index (χ4v) is 3.38. The average Bonchev–Trinajstić information content (AvgIpc) is 3.53. The standard InChI is InChI=1S/2C7H6N2.C6H4ClNO2.2C6H6ClN.2C6H6N2O2.2ClH.Cu.H2O.H2/c2*8-5-6-1-3-7(9)4-2-6;7-5-1-3-6(4-2-5)8(9)10;2*7-5-1-3-6(8)4-2-5;2*7-5-1-3-6(4-2-5)8(9)10;;;;;/h2*1-4H,9H2;1-4H;2*1-4H,8H2;2*1-4H,7H2;2*1H;;1H2;1H/q;;;;;;;;;+1;;/p-1/i1D,2D,3D,4D;2*1D,2D;1D,2D,3D,4D;2*1D,2D;;;;;;/hD3. The van der Waals surface area contributed by atoms with Gasteiger partial charge in [-0.25, -0.2) is 0 Å². The van der Waals surface area contributed by atoms with Gasteiger partial charge in [0.1, 0.15) is 1.17 Å². The third kappa shape index (κ3) is 31.3. The van der Waals surface area contributed by atoms with E-state index in [0.717, 1.165) is 24.3 Å². The summed E-state index contributed by atoms with van der Waals surface area (Å²) in [4.78, 5) is 28.7. The van der Waals surface area contributed by atoms with Crippen LogP contribution in [0.25, 0.3) is 0 Å². The summed E-state index contributed by atoms with van der Waals surface area (Å²) in [5, 5.41) is 47.4. The predicted octanol–water partition coefficient (Wildman–Crippen LogP) is 11.3. The monoisotopic (exact) mass is 1100 g/mol. The van der Waals surface area contributed by atoms with Crippen molar-refractivity contribution in [2.75, 3.05) is 34.4 Å². The quantitative estimate of drug-likeness (QED) is 0.0415. The van der Waals surface area contributed by atoms with Crippen LogP contribution in [0, 0.1) is 53.0 Å². The van der Waals surface area contributed by atoms with Gasteiger partial charge in [-0.1, -0.05) is 34.8 Å². The van der Waals surface area contributed by atoms with Crippen molar-refractivity contribution in [2.24, 2.45) is 0 Å². The third-order valence-electron chi connectivity index (χ3n) is 5.95. The zero-order valence-corrected chi connectivity index (χ0v) is 38.4. The number of nitrogens with two attached hydrogens (primary N) is 6. The molecule has 0 atom stereocenters. The topological polar surface area (TPSA) is 365 Å². The largest absolute Gasteiger partial charge is 0 e. The first-order valence-electron chi connectivity index (χ1n) is 25.8. The van der Waals surface area contributed by atoms with Crippen LogP contribution in [0.5, 0.6) is 0 Å². The number of nitrogens with zero attached hydrogens (tertiary/aromatic N) is 5. The van der Waals surface area contributed by atoms with Crippen molar-refractivity contribution in [1.82, 2.24) is 0 Å². The van der Waals surface area contributed by atoms with Crippen LogP contribution in [0.2, 0.25) is 15.1 Å². The molecule has 0 bridgehead atoms. The SMILES string of the molecule is Nc1ccc([N+](=O)[O-])cc1.[2H]Cl.[2H]O[2H].[2H]c1c([2H])c(C#N)c([2H])c([2H])c1N.[2H]c1c([2H])c(Cl)c([2H])c([2H])c1N.[2H]c1cc(N)cc([2H])c1C#N.[2H]c1cc(N)cc([2H])c1Cl.[2H]c1cc([N+](=O)[O-])cc([2H])c1Cl.[2H]c1cc([N+](=O)[O-])cc([2H])c1N.[Cl][Cu].[HH]. The zero-order valence-electron chi connectivity index (χ0n) is 52.7. The van der Waals surface area contributed by atoms with Crippen LogP contribution in [-0.2, 0) is 15.1 Å². The van der Waals surface area contributed by atoms with Crippen LogP contribution in [0.15, 0.2) is 169 Å². The Morgan fingerprint density at radius 3 is 1.07 bits per heavy atom. The van der Waals surface area contributed by atoms with Gasteiger partial charge in [-0.15, -0.1) is 12.3 Å². The molecule has 0 aliphatic heterocycles. The Labute approximate surface area is 452 Å². The Morgan fingerprint density at radius 1 is 0.471 bits per heavy atom. The van der Waals surface area contributed by atoms with E-state index in [4.69, 9.17) is 106 Å². The Bertz CT molecular complexity index is 3320. The number of non-ortho nitro benzene ring substituents is 3. The molecule has 0 fully saturated rings. The van der Waals surface area contributed by atoms with Gasteiger partial charge in [0, 0.05) is 87.0 Å². The molecule has 7 rings (SSSR count). The first kappa shape index (κ1) is 36.6. The number of hydrogen-bond acceptors (Lipinski definition) is 14. The normalized spacial score (nSPS) is 12.2. The van der Waals surface area contributed by atoms with E-state index in [0.29, 0.717) is 17.1 Å². The van der Waals surface area contributed by atoms with Gasteiger partial charge in [0.05, 0.1) is 60.0 Å². The predicted molar refractivity (Wildman–Crippen MR) is 275 cm³/mol. The smallest absolute Gasteiger partial charge is 0 e. The number of hydrogen-bond donors (Lipinski definition) is 6. The molecular formula is C44H45Cl5CuN11O7. The van der Waals surface area contributed by atoms with Gasteiger partial charge in [-0.3, -0.25) is 30.3 Å². The van der Waals surface area contributed by atoms with Gasteiger partial charge in [-0.2, -0.15) is 10.5 Å². The fourth-order valence-electron chi connectivity index (χ4n) is 3.07. The summed E-state index contributed by atoms with van der Waals surface area (Å²) in [6, 6.07) is 15.5. The molecule has 18 nitrogen and oxygen atoms in total. The molecule has 0 aliphatic rings. The number of nitro groups is 3. The molecule has 364 valence electrons. The van der Waals surface area contributed by atoms with Crippen molar-refractivity contribution >= 4 is 108 Å². The van der Waals surface area contributed by atoms with Gasteiger partial charge < -0.3 is 39.9 Å². The molecule has 24 heteroatoms. The minimum atomic E-state index is -0.660. The number of nitrogen functional groups attached to an aromatic ring is 6. The van der Waals surface area contributed by atoms with E-state index in [1.807, 2.05) is 0 Å².